The Morgan fingerprint density at radius 2 is 1.68 bits per heavy atom. The van der Waals surface area contributed by atoms with Gasteiger partial charge < -0.3 is 15.4 Å². The third kappa shape index (κ3) is 5.54. The summed E-state index contributed by atoms with van der Waals surface area (Å²) in [6.07, 6.45) is 0. The summed E-state index contributed by atoms with van der Waals surface area (Å²) in [6.45, 7) is 6.78. The number of hydrogen-bond donors (Lipinski definition) is 2. The second-order valence-electron chi connectivity index (χ2n) is 6.89. The molecule has 1 aromatic heterocycles. The van der Waals surface area contributed by atoms with Crippen molar-refractivity contribution in [1.82, 2.24) is 9.97 Å². The highest BCUT2D eigenvalue weighted by atomic mass is 16.5. The first-order valence-corrected chi connectivity index (χ1v) is 9.23. The zero-order valence-corrected chi connectivity index (χ0v) is 16.3. The smallest absolute Gasteiger partial charge is 0.274 e. The Bertz CT molecular complexity index is 925. The summed E-state index contributed by atoms with van der Waals surface area (Å²) in [5, 5.41) is 6.01. The molecule has 0 spiro atoms. The first-order chi connectivity index (χ1) is 13.5. The van der Waals surface area contributed by atoms with Crippen LogP contribution in [0, 0.1) is 12.8 Å². The normalized spacial score (nSPS) is 10.6. The topological polar surface area (TPSA) is 76.1 Å². The molecule has 0 fully saturated rings. The van der Waals surface area contributed by atoms with Crippen LogP contribution in [0.1, 0.15) is 30.0 Å². The molecule has 2 N–H and O–H groups in total. The Hall–Kier alpha value is -3.41. The van der Waals surface area contributed by atoms with Crippen LogP contribution in [0.25, 0.3) is 0 Å². The quantitative estimate of drug-likeness (QED) is 0.613. The summed E-state index contributed by atoms with van der Waals surface area (Å²) >= 11 is 0. The first-order valence-electron chi connectivity index (χ1n) is 9.23. The number of nitrogens with one attached hydrogen (secondary N) is 2. The van der Waals surface area contributed by atoms with Gasteiger partial charge in [-0.25, -0.2) is 9.97 Å². The van der Waals surface area contributed by atoms with E-state index in [0.717, 1.165) is 18.0 Å². The number of nitrogens with zero attached hydrogens (tertiary/aromatic N) is 2. The van der Waals surface area contributed by atoms with Crippen molar-refractivity contribution in [2.24, 2.45) is 5.92 Å². The fourth-order valence-corrected chi connectivity index (χ4v) is 2.49. The van der Waals surface area contributed by atoms with E-state index in [1.165, 1.54) is 0 Å². The molecule has 1 heterocycles. The van der Waals surface area contributed by atoms with Crippen molar-refractivity contribution in [3.63, 3.8) is 0 Å². The Morgan fingerprint density at radius 3 is 2.36 bits per heavy atom. The maximum absolute atomic E-state index is 12.6. The third-order valence-corrected chi connectivity index (χ3v) is 3.85. The Kier molecular flexibility index (Phi) is 6.22. The van der Waals surface area contributed by atoms with Crippen LogP contribution in [-0.4, -0.2) is 22.4 Å². The van der Waals surface area contributed by atoms with Crippen molar-refractivity contribution in [2.45, 2.75) is 20.8 Å². The van der Waals surface area contributed by atoms with Crippen molar-refractivity contribution in [1.29, 1.82) is 0 Å². The van der Waals surface area contributed by atoms with Gasteiger partial charge in [0.2, 0.25) is 5.95 Å². The number of carbonyl (C=O) groups excluding carboxylic acids is 1. The minimum atomic E-state index is -0.283. The molecule has 1 amide bonds. The van der Waals surface area contributed by atoms with Gasteiger partial charge in [0.25, 0.3) is 5.91 Å². The van der Waals surface area contributed by atoms with E-state index in [1.807, 2.05) is 49.4 Å². The number of aromatic nitrogens is 2. The van der Waals surface area contributed by atoms with E-state index in [-0.39, 0.29) is 5.91 Å². The van der Waals surface area contributed by atoms with Crippen LogP contribution in [0.15, 0.2) is 60.7 Å². The standard InChI is InChI=1S/C22H24N4O2/c1-15(2)14-23-22-24-16(3)13-20(26-22)21(27)25-17-9-11-19(12-10-17)28-18-7-5-4-6-8-18/h4-13,15H,14H2,1-3H3,(H,25,27)(H,23,24,26). The average Bonchev–Trinajstić information content (AvgIpc) is 2.68. The molecule has 3 rings (SSSR count). The molecule has 0 bridgehead atoms. The molecule has 0 aliphatic heterocycles. The van der Waals surface area contributed by atoms with E-state index in [9.17, 15) is 4.79 Å². The van der Waals surface area contributed by atoms with E-state index in [4.69, 9.17) is 4.74 Å². The molecule has 144 valence electrons. The summed E-state index contributed by atoms with van der Waals surface area (Å²) in [7, 11) is 0. The van der Waals surface area contributed by atoms with E-state index in [1.54, 1.807) is 18.2 Å². The van der Waals surface area contributed by atoms with E-state index >= 15 is 0 Å². The van der Waals surface area contributed by atoms with Crippen molar-refractivity contribution in [2.75, 3.05) is 17.2 Å². The summed E-state index contributed by atoms with van der Waals surface area (Å²) < 4.78 is 5.76. The van der Waals surface area contributed by atoms with Gasteiger partial charge in [0.1, 0.15) is 17.2 Å². The number of hydrogen-bond acceptors (Lipinski definition) is 5. The van der Waals surface area contributed by atoms with Gasteiger partial charge in [-0.2, -0.15) is 0 Å². The van der Waals surface area contributed by atoms with Gasteiger partial charge in [0, 0.05) is 17.9 Å². The van der Waals surface area contributed by atoms with E-state index < -0.39 is 0 Å². The first kappa shape index (κ1) is 19.4. The largest absolute Gasteiger partial charge is 0.457 e. The Labute approximate surface area is 165 Å². The van der Waals surface area contributed by atoms with Gasteiger partial charge in [-0.05, 0) is 55.3 Å². The molecule has 0 aliphatic rings. The molecule has 6 nitrogen and oxygen atoms in total. The highest BCUT2D eigenvalue weighted by molar-refractivity contribution is 6.03. The predicted octanol–water partition coefficient (Wildman–Crippen LogP) is 4.90. The highest BCUT2D eigenvalue weighted by Crippen LogP contribution is 2.22. The zero-order valence-electron chi connectivity index (χ0n) is 16.3. The molecule has 0 aliphatic carbocycles. The van der Waals surface area contributed by atoms with Crippen LogP contribution in [-0.2, 0) is 0 Å². The lowest BCUT2D eigenvalue weighted by Gasteiger charge is -2.11. The number of anilines is 2. The van der Waals surface area contributed by atoms with Gasteiger partial charge in [-0.1, -0.05) is 32.0 Å². The third-order valence-electron chi connectivity index (χ3n) is 3.85. The van der Waals surface area contributed by atoms with E-state index in [0.29, 0.717) is 29.0 Å². The van der Waals surface area contributed by atoms with E-state index in [2.05, 4.69) is 34.4 Å². The molecule has 28 heavy (non-hydrogen) atoms. The lowest BCUT2D eigenvalue weighted by molar-refractivity contribution is 0.102. The Balaban J connectivity index is 1.65. The van der Waals surface area contributed by atoms with Crippen LogP contribution >= 0.6 is 0 Å². The van der Waals surface area contributed by atoms with Crippen LogP contribution in [0.5, 0.6) is 11.5 Å². The fourth-order valence-electron chi connectivity index (χ4n) is 2.49. The van der Waals surface area contributed by atoms with Gasteiger partial charge in [-0.3, -0.25) is 4.79 Å². The summed E-state index contributed by atoms with van der Waals surface area (Å²) in [5.41, 5.74) is 1.72. The lowest BCUT2D eigenvalue weighted by Crippen LogP contribution is -2.17. The van der Waals surface area contributed by atoms with Gasteiger partial charge in [0.15, 0.2) is 0 Å². The minimum Gasteiger partial charge on any atom is -0.457 e. The molecule has 0 atom stereocenters. The molecule has 0 saturated carbocycles. The van der Waals surface area contributed by atoms with Crippen molar-refractivity contribution in [3.8, 4) is 11.5 Å². The predicted molar refractivity (Wildman–Crippen MR) is 111 cm³/mol. The fraction of sp³-hybridized carbons (Fsp3) is 0.227. The number of amides is 1. The number of carbonyl (C=O) groups is 1. The maximum atomic E-state index is 12.6. The molecular weight excluding hydrogens is 352 g/mol. The number of benzene rings is 2. The highest BCUT2D eigenvalue weighted by Gasteiger charge is 2.11. The number of para-hydroxylation sites is 1. The second-order valence-corrected chi connectivity index (χ2v) is 6.89. The van der Waals surface area contributed by atoms with Gasteiger partial charge >= 0.3 is 0 Å². The number of rotatable bonds is 7. The van der Waals surface area contributed by atoms with Crippen LogP contribution < -0.4 is 15.4 Å². The van der Waals surface area contributed by atoms with Crippen molar-refractivity contribution >= 4 is 17.5 Å². The number of ether oxygens (including phenoxy) is 1. The monoisotopic (exact) mass is 376 g/mol. The molecule has 0 radical (unpaired) electrons. The SMILES string of the molecule is Cc1cc(C(=O)Nc2ccc(Oc3ccccc3)cc2)nc(NCC(C)C)n1. The molecule has 0 unspecified atom stereocenters. The average molecular weight is 376 g/mol. The second kappa shape index (κ2) is 8.99. The molecular formula is C22H24N4O2. The van der Waals surface area contributed by atoms with Crippen molar-refractivity contribution < 1.29 is 9.53 Å². The lowest BCUT2D eigenvalue weighted by atomic mass is 10.2. The zero-order chi connectivity index (χ0) is 19.9. The van der Waals surface area contributed by atoms with Gasteiger partial charge in [-0.15, -0.1) is 0 Å². The van der Waals surface area contributed by atoms with Crippen LogP contribution in [0.4, 0.5) is 11.6 Å². The summed E-state index contributed by atoms with van der Waals surface area (Å²) in [4.78, 5) is 21.2. The summed E-state index contributed by atoms with van der Waals surface area (Å²) in [5.74, 6) is 2.10. The summed E-state index contributed by atoms with van der Waals surface area (Å²) in [6, 6.07) is 18.4. The molecule has 2 aromatic carbocycles. The molecule has 3 aromatic rings. The maximum Gasteiger partial charge on any atom is 0.274 e. The minimum absolute atomic E-state index is 0.283. The van der Waals surface area contributed by atoms with Crippen LogP contribution in [0.3, 0.4) is 0 Å². The van der Waals surface area contributed by atoms with Crippen molar-refractivity contribution in [3.05, 3.63) is 72.1 Å². The molecule has 6 heteroatoms. The van der Waals surface area contributed by atoms with Crippen LogP contribution in [0.2, 0.25) is 0 Å². The van der Waals surface area contributed by atoms with Gasteiger partial charge in [0.05, 0.1) is 0 Å². The Morgan fingerprint density at radius 1 is 1.00 bits per heavy atom. The molecule has 0 saturated heterocycles. The number of aryl methyl sites for hydroxylation is 1.